The van der Waals surface area contributed by atoms with E-state index < -0.39 is 0 Å². The van der Waals surface area contributed by atoms with Crippen molar-refractivity contribution in [3.05, 3.63) is 392 Å². The van der Waals surface area contributed by atoms with Gasteiger partial charge in [-0.15, -0.1) is 0 Å². The quantitative estimate of drug-likeness (QED) is 0.169. The molecule has 0 bridgehead atoms. The molecule has 12 aromatic heterocycles. The molecular weight excluding hydrogens is 1700 g/mol. The molecule has 0 aliphatic heterocycles. The minimum atomic E-state index is 0.0177. The molecule has 0 aliphatic rings. The lowest BCUT2D eigenvalue weighted by molar-refractivity contribution is 0.569. The minimum absolute atomic E-state index is 0.0177. The van der Waals surface area contributed by atoms with Crippen LogP contribution in [0.2, 0.25) is 0 Å². The highest BCUT2D eigenvalue weighted by atomic mass is 15.3. The van der Waals surface area contributed by atoms with Gasteiger partial charge in [0.05, 0.1) is 99.3 Å². The predicted molar refractivity (Wildman–Crippen MR) is 575 cm³/mol. The van der Waals surface area contributed by atoms with Crippen LogP contribution in [-0.4, -0.2) is 69.5 Å². The van der Waals surface area contributed by atoms with Crippen LogP contribution in [0, 0.1) is 13.8 Å². The lowest BCUT2D eigenvalue weighted by Gasteiger charge is -2.26. The van der Waals surface area contributed by atoms with Gasteiger partial charge in [-0.2, -0.15) is 0 Å². The predicted octanol–water partition coefficient (Wildman–Crippen LogP) is 30.9. The molecule has 0 unspecified atom stereocenters. The second-order valence-corrected chi connectivity index (χ2v) is 40.3. The molecule has 20 aromatic carbocycles. The second kappa shape index (κ2) is 27.9. The van der Waals surface area contributed by atoms with E-state index in [0.29, 0.717) is 0 Å². The maximum absolute atomic E-state index is 5.30. The van der Waals surface area contributed by atoms with E-state index in [1.54, 1.807) is 0 Å². The number of nitrogens with zero attached hydrogens (tertiary/aromatic N) is 15. The van der Waals surface area contributed by atoms with Crippen LogP contribution >= 0.6 is 0 Å². The number of hydrogen-bond acceptors (Lipinski definition) is 6. The van der Waals surface area contributed by atoms with Gasteiger partial charge >= 0.3 is 0 Å². The third kappa shape index (κ3) is 11.2. The summed E-state index contributed by atoms with van der Waals surface area (Å²) >= 11 is 0. The van der Waals surface area contributed by atoms with Crippen molar-refractivity contribution >= 4 is 215 Å². The van der Waals surface area contributed by atoms with E-state index in [1.807, 2.05) is 0 Å². The molecule has 0 amide bonds. The summed E-state index contributed by atoms with van der Waals surface area (Å²) in [6, 6.07) is 134. The first-order valence-corrected chi connectivity index (χ1v) is 47.9. The van der Waals surface area contributed by atoms with Crippen LogP contribution in [0.4, 0.5) is 0 Å². The number of hydrogen-bond donors (Lipinski definition) is 0. The second-order valence-electron chi connectivity index (χ2n) is 40.3. The average molecular weight is 1790 g/mol. The molecule has 139 heavy (non-hydrogen) atoms. The third-order valence-electron chi connectivity index (χ3n) is 29.8. The van der Waals surface area contributed by atoms with Gasteiger partial charge in [0, 0.05) is 0 Å². The Morgan fingerprint density at radius 2 is 0.439 bits per heavy atom. The molecule has 0 saturated heterocycles. The molecule has 0 fully saturated rings. The highest BCUT2D eigenvalue weighted by Gasteiger charge is 2.32. The highest BCUT2D eigenvalue weighted by Crippen LogP contribution is 2.48. The zero-order chi connectivity index (χ0) is 92.2. The van der Waals surface area contributed by atoms with Crippen molar-refractivity contribution in [2.45, 2.75) is 66.2 Å². The van der Waals surface area contributed by atoms with Gasteiger partial charge < -0.3 is 0 Å². The summed E-state index contributed by atoms with van der Waals surface area (Å²) in [5.41, 5.74) is 40.0. The van der Waals surface area contributed by atoms with Gasteiger partial charge in [-0.1, -0.05) is 308 Å². The van der Waals surface area contributed by atoms with Gasteiger partial charge in [-0.25, -0.2) is 43.1 Å². The monoisotopic (exact) mass is 1780 g/mol. The maximum atomic E-state index is 5.30. The molecule has 0 atom stereocenters. The fourth-order valence-electron chi connectivity index (χ4n) is 23.0. The van der Waals surface area contributed by atoms with Crippen molar-refractivity contribution in [2.24, 2.45) is 0 Å². The summed E-state index contributed by atoms with van der Waals surface area (Å²) in [4.78, 5) is 31.7. The van der Waals surface area contributed by atoms with Crippen molar-refractivity contribution in [3.8, 4) is 55.6 Å². The van der Waals surface area contributed by atoms with Crippen molar-refractivity contribution in [3.63, 3.8) is 0 Å². The van der Waals surface area contributed by atoms with Crippen LogP contribution < -0.4 is 0 Å². The molecule has 0 radical (unpaired) electrons. The van der Waals surface area contributed by atoms with Crippen LogP contribution in [0.15, 0.2) is 370 Å². The van der Waals surface area contributed by atoms with E-state index in [9.17, 15) is 0 Å². The first-order valence-electron chi connectivity index (χ1n) is 47.9. The van der Waals surface area contributed by atoms with Gasteiger partial charge in [-0.05, 0) is 271 Å². The smallest absolute Gasteiger partial charge is 0.223 e. The zero-order valence-electron chi connectivity index (χ0n) is 77.4. The lowest BCUT2D eigenvalue weighted by Crippen LogP contribution is -2.16. The molecule has 0 N–H and O–H groups in total. The van der Waals surface area contributed by atoms with E-state index >= 15 is 0 Å². The number of imidazole rings is 12. The minimum Gasteiger partial charge on any atom is -0.276 e. The Bertz CT molecular complexity index is 10400. The van der Waals surface area contributed by atoms with Crippen molar-refractivity contribution in [2.75, 3.05) is 0 Å². The Labute approximate surface area is 793 Å². The van der Waals surface area contributed by atoms with Crippen molar-refractivity contribution < 1.29 is 0 Å². The fraction of sp³-hybridized carbons (Fsp3) is 0.0806. The van der Waals surface area contributed by atoms with Gasteiger partial charge in [0.2, 0.25) is 34.7 Å². The summed E-state index contributed by atoms with van der Waals surface area (Å²) in [5, 5.41) is 14.4. The molecular formula is C124H85N15. The van der Waals surface area contributed by atoms with E-state index in [2.05, 4.69) is 465 Å². The van der Waals surface area contributed by atoms with E-state index in [1.165, 1.54) is 143 Å². The summed E-state index contributed by atoms with van der Waals surface area (Å²) in [6.07, 6.45) is 0. The zero-order valence-corrected chi connectivity index (χ0v) is 77.4. The maximum Gasteiger partial charge on any atom is 0.223 e. The first-order chi connectivity index (χ1) is 67.9. The van der Waals surface area contributed by atoms with Gasteiger partial charge in [0.1, 0.15) is 16.6 Å². The molecule has 656 valence electrons. The Morgan fingerprint density at radius 1 is 0.180 bits per heavy atom. The Kier molecular flexibility index (Phi) is 15.6. The normalized spacial score (nSPS) is 12.7. The molecule has 0 spiro atoms. The van der Waals surface area contributed by atoms with Gasteiger partial charge in [0.25, 0.3) is 0 Å². The number of fused-ring (bicyclic) bond motifs is 36. The highest BCUT2D eigenvalue weighted by molar-refractivity contribution is 6.15. The number of rotatable bonds is 5. The Morgan fingerprint density at radius 3 is 0.734 bits per heavy atom. The summed E-state index contributed by atoms with van der Waals surface area (Å²) < 4.78 is 20.8. The van der Waals surface area contributed by atoms with E-state index in [4.69, 9.17) is 29.9 Å². The number of aromatic nitrogens is 15. The molecule has 32 aromatic rings. The van der Waals surface area contributed by atoms with Crippen LogP contribution in [0.25, 0.3) is 271 Å². The van der Waals surface area contributed by atoms with Gasteiger partial charge in [-0.3, -0.25) is 26.4 Å². The Hall–Kier alpha value is -17.8. The van der Waals surface area contributed by atoms with Gasteiger partial charge in [0.15, 0.2) is 0 Å². The molecule has 15 nitrogen and oxygen atoms in total. The molecule has 0 saturated carbocycles. The van der Waals surface area contributed by atoms with E-state index in [0.717, 1.165) is 151 Å². The van der Waals surface area contributed by atoms with E-state index in [-0.39, 0.29) is 10.8 Å². The molecule has 0 aliphatic carbocycles. The molecule has 32 rings (SSSR count). The van der Waals surface area contributed by atoms with Crippen LogP contribution in [0.1, 0.15) is 63.8 Å². The van der Waals surface area contributed by atoms with Crippen LogP contribution in [0.5, 0.6) is 0 Å². The molecule has 15 heteroatoms. The topological polar surface area (TPSA) is 117 Å². The standard InChI is InChI=1S/C42H35N5.2C41H25N5/c1-41(2,3)30-15-28(16-31(23-30)42(4,5)6)29-21-36-38-37(22-29)46-35-20-27-14-10-8-12-25(27)18-33(35)44-40(46)47(38)39-43-32-17-24-11-7-9-13-26(24)19-34(32)45(36)39;1-24-10-9-17-31(25-11-3-2-4-12-25)38(24)30-22-36-39-37(23-30)45-35-21-29-16-8-6-14-27(29)19-33(35)43-41(45)46(39)40-42-32-18-26-13-5-7-15-28(26)20-34(32)44(36)40;1-24-15-16-31(32(17-24)25-9-3-2-4-10-25)30-22-37-39-38(23-30)45-36-21-29-14-8-6-12-27(29)19-34(36)43-41(45)46(39)40-42-33-18-26-11-5-7-13-28(26)20-35(33)44(37)40/h7-23H,1-6H3;2*2-23H,1H3. The van der Waals surface area contributed by atoms with Crippen molar-refractivity contribution in [1.82, 2.24) is 69.5 Å². The SMILES string of the molecule is CC(C)(C)c1cc(-c2cc3c4c(c2)n2c5cc6ccccc6cc5nc2n4c2nc4cc5ccccc5cc4n32)cc(C(C)(C)C)c1.Cc1ccc(-c2cc3c4c(c2)n2c5cc6ccccc6cc5nc2n4c2nc4cc5ccccc5cc4n32)c(-c2ccccc2)c1.Cc1cccc(-c2ccccc2)c1-c1cc2c3c(c1)n1c4cc5ccccc5cc4nc1n3c1nc3cc4ccccc4cc3n21. The number of benzene rings is 20. The van der Waals surface area contributed by atoms with Crippen LogP contribution in [0.3, 0.4) is 0 Å². The largest absolute Gasteiger partial charge is 0.276 e. The summed E-state index contributed by atoms with van der Waals surface area (Å²) in [6.45, 7) is 18.2. The summed E-state index contributed by atoms with van der Waals surface area (Å²) in [7, 11) is 0. The Balaban J connectivity index is 0.0000000983. The van der Waals surface area contributed by atoms with Crippen LogP contribution in [-0.2, 0) is 10.8 Å². The average Bonchev–Trinajstić information content (AvgIpc) is 1.52. The molecule has 12 heterocycles. The number of aryl methyl sites for hydroxylation is 2. The third-order valence-corrected chi connectivity index (χ3v) is 29.8. The van der Waals surface area contributed by atoms with Crippen molar-refractivity contribution in [1.29, 1.82) is 0 Å². The fourth-order valence-corrected chi connectivity index (χ4v) is 23.0. The lowest BCUT2D eigenvalue weighted by atomic mass is 9.79. The first kappa shape index (κ1) is 77.6. The summed E-state index contributed by atoms with van der Waals surface area (Å²) in [5.74, 6) is 5.30.